The van der Waals surface area contributed by atoms with Crippen molar-refractivity contribution in [3.63, 3.8) is 0 Å². The van der Waals surface area contributed by atoms with Gasteiger partial charge in [0.25, 0.3) is 5.91 Å². The van der Waals surface area contributed by atoms with Crippen LogP contribution in [0.1, 0.15) is 36.2 Å². The fourth-order valence-electron chi connectivity index (χ4n) is 2.07. The Balaban J connectivity index is 1.86. The summed E-state index contributed by atoms with van der Waals surface area (Å²) < 4.78 is 10.8. The quantitative estimate of drug-likeness (QED) is 0.586. The van der Waals surface area contributed by atoms with E-state index in [-0.39, 0.29) is 5.91 Å². The average Bonchev–Trinajstić information content (AvgIpc) is 2.62. The van der Waals surface area contributed by atoms with Crippen molar-refractivity contribution in [3.05, 3.63) is 59.7 Å². The maximum atomic E-state index is 12.1. The highest BCUT2D eigenvalue weighted by atomic mass is 16.5. The van der Waals surface area contributed by atoms with Crippen molar-refractivity contribution in [1.82, 2.24) is 5.43 Å². The Morgan fingerprint density at radius 3 is 2.60 bits per heavy atom. The monoisotopic (exact) mass is 340 g/mol. The van der Waals surface area contributed by atoms with E-state index in [1.807, 2.05) is 24.3 Å². The Morgan fingerprint density at radius 2 is 1.92 bits per heavy atom. The second kappa shape index (κ2) is 9.47. The summed E-state index contributed by atoms with van der Waals surface area (Å²) in [5.74, 6) is 1.83. The van der Waals surface area contributed by atoms with Gasteiger partial charge in [-0.1, -0.05) is 26.0 Å². The highest BCUT2D eigenvalue weighted by Crippen LogP contribution is 2.13. The molecule has 0 aliphatic rings. The SMILES string of the molecule is COc1cccc(/C=N\NC(=O)c2ccc(OCCC(C)C)cc2)c1. The molecular weight excluding hydrogens is 316 g/mol. The number of ether oxygens (including phenoxy) is 2. The summed E-state index contributed by atoms with van der Waals surface area (Å²) in [6, 6.07) is 14.4. The molecule has 0 heterocycles. The third-order valence-corrected chi connectivity index (χ3v) is 3.55. The predicted molar refractivity (Wildman–Crippen MR) is 99.4 cm³/mol. The van der Waals surface area contributed by atoms with Gasteiger partial charge < -0.3 is 9.47 Å². The van der Waals surface area contributed by atoms with Gasteiger partial charge in [-0.25, -0.2) is 5.43 Å². The van der Waals surface area contributed by atoms with Crippen LogP contribution in [0.5, 0.6) is 11.5 Å². The van der Waals surface area contributed by atoms with Gasteiger partial charge in [-0.15, -0.1) is 0 Å². The molecule has 2 aromatic carbocycles. The smallest absolute Gasteiger partial charge is 0.271 e. The van der Waals surface area contributed by atoms with Crippen LogP contribution in [0, 0.1) is 5.92 Å². The first-order chi connectivity index (χ1) is 12.1. The van der Waals surface area contributed by atoms with E-state index in [1.165, 1.54) is 0 Å². The average molecular weight is 340 g/mol. The van der Waals surface area contributed by atoms with Crippen LogP contribution in [-0.2, 0) is 0 Å². The summed E-state index contributed by atoms with van der Waals surface area (Å²) in [7, 11) is 1.61. The lowest BCUT2D eigenvalue weighted by Crippen LogP contribution is -2.17. The second-order valence-electron chi connectivity index (χ2n) is 6.03. The van der Waals surface area contributed by atoms with Gasteiger partial charge in [0.1, 0.15) is 11.5 Å². The first-order valence-electron chi connectivity index (χ1n) is 8.29. The fraction of sp³-hybridized carbons (Fsp3) is 0.300. The molecule has 132 valence electrons. The number of carbonyl (C=O) groups excluding carboxylic acids is 1. The third kappa shape index (κ3) is 6.30. The minimum atomic E-state index is -0.270. The maximum Gasteiger partial charge on any atom is 0.271 e. The molecule has 5 nitrogen and oxygen atoms in total. The zero-order valence-electron chi connectivity index (χ0n) is 14.9. The van der Waals surface area contributed by atoms with Crippen LogP contribution in [0.15, 0.2) is 53.6 Å². The van der Waals surface area contributed by atoms with Crippen molar-refractivity contribution in [3.8, 4) is 11.5 Å². The molecule has 1 N–H and O–H groups in total. The fourth-order valence-corrected chi connectivity index (χ4v) is 2.07. The van der Waals surface area contributed by atoms with E-state index in [2.05, 4.69) is 24.4 Å². The zero-order valence-corrected chi connectivity index (χ0v) is 14.9. The van der Waals surface area contributed by atoms with Crippen molar-refractivity contribution in [1.29, 1.82) is 0 Å². The normalized spacial score (nSPS) is 10.9. The van der Waals surface area contributed by atoms with E-state index >= 15 is 0 Å². The molecule has 0 aromatic heterocycles. The van der Waals surface area contributed by atoms with Crippen molar-refractivity contribution in [2.24, 2.45) is 11.0 Å². The Kier molecular flexibility index (Phi) is 7.01. The number of hydrogen-bond acceptors (Lipinski definition) is 4. The molecule has 0 atom stereocenters. The topological polar surface area (TPSA) is 59.9 Å². The lowest BCUT2D eigenvalue weighted by Gasteiger charge is -2.08. The summed E-state index contributed by atoms with van der Waals surface area (Å²) in [5, 5.41) is 3.97. The van der Waals surface area contributed by atoms with Gasteiger partial charge in [0.2, 0.25) is 0 Å². The number of hydrogen-bond donors (Lipinski definition) is 1. The lowest BCUT2D eigenvalue weighted by molar-refractivity contribution is 0.0955. The Hall–Kier alpha value is -2.82. The highest BCUT2D eigenvalue weighted by Gasteiger charge is 2.04. The number of nitrogens with one attached hydrogen (secondary N) is 1. The van der Waals surface area contributed by atoms with Gasteiger partial charge in [0.15, 0.2) is 0 Å². The number of carbonyl (C=O) groups is 1. The van der Waals surface area contributed by atoms with E-state index in [0.29, 0.717) is 18.1 Å². The minimum absolute atomic E-state index is 0.270. The van der Waals surface area contributed by atoms with Crippen molar-refractivity contribution >= 4 is 12.1 Å². The van der Waals surface area contributed by atoms with Crippen LogP contribution in [0.3, 0.4) is 0 Å². The van der Waals surface area contributed by atoms with Crippen LogP contribution in [0.2, 0.25) is 0 Å². The minimum Gasteiger partial charge on any atom is -0.497 e. The molecule has 0 radical (unpaired) electrons. The molecule has 0 saturated heterocycles. The molecule has 0 saturated carbocycles. The largest absolute Gasteiger partial charge is 0.497 e. The summed E-state index contributed by atoms with van der Waals surface area (Å²) in [6.07, 6.45) is 2.57. The first kappa shape index (κ1) is 18.5. The number of amides is 1. The van der Waals surface area contributed by atoms with Crippen LogP contribution in [0.25, 0.3) is 0 Å². The van der Waals surface area contributed by atoms with Crippen LogP contribution >= 0.6 is 0 Å². The van der Waals surface area contributed by atoms with Gasteiger partial charge >= 0.3 is 0 Å². The number of rotatable bonds is 8. The Morgan fingerprint density at radius 1 is 1.16 bits per heavy atom. The molecule has 25 heavy (non-hydrogen) atoms. The Bertz CT molecular complexity index is 709. The molecule has 0 unspecified atom stereocenters. The number of methoxy groups -OCH3 is 1. The molecule has 0 aliphatic heterocycles. The molecule has 0 spiro atoms. The van der Waals surface area contributed by atoms with Gasteiger partial charge in [-0.05, 0) is 54.3 Å². The molecule has 1 amide bonds. The van der Waals surface area contributed by atoms with Crippen molar-refractivity contribution in [2.45, 2.75) is 20.3 Å². The van der Waals surface area contributed by atoms with E-state index in [4.69, 9.17) is 9.47 Å². The van der Waals surface area contributed by atoms with Crippen molar-refractivity contribution < 1.29 is 14.3 Å². The molecule has 0 bridgehead atoms. The third-order valence-electron chi connectivity index (χ3n) is 3.55. The second-order valence-corrected chi connectivity index (χ2v) is 6.03. The summed E-state index contributed by atoms with van der Waals surface area (Å²) in [4.78, 5) is 12.1. The summed E-state index contributed by atoms with van der Waals surface area (Å²) >= 11 is 0. The van der Waals surface area contributed by atoms with Gasteiger partial charge in [0.05, 0.1) is 19.9 Å². The molecule has 5 heteroatoms. The molecule has 0 fully saturated rings. The standard InChI is InChI=1S/C20H24N2O3/c1-15(2)11-12-25-18-9-7-17(8-10-18)20(23)22-21-14-16-5-4-6-19(13-16)24-3/h4-10,13-15H,11-12H2,1-3H3,(H,22,23)/b21-14-. The van der Waals surface area contributed by atoms with Crippen molar-refractivity contribution in [2.75, 3.05) is 13.7 Å². The Labute approximate surface area is 148 Å². The van der Waals surface area contributed by atoms with E-state index in [0.717, 1.165) is 23.5 Å². The molecule has 2 rings (SSSR count). The van der Waals surface area contributed by atoms with E-state index in [1.54, 1.807) is 37.6 Å². The highest BCUT2D eigenvalue weighted by molar-refractivity contribution is 5.95. The maximum absolute atomic E-state index is 12.1. The van der Waals surface area contributed by atoms with Crippen LogP contribution in [-0.4, -0.2) is 25.8 Å². The summed E-state index contributed by atoms with van der Waals surface area (Å²) in [5.41, 5.74) is 3.88. The van der Waals surface area contributed by atoms with Crippen LogP contribution in [0.4, 0.5) is 0 Å². The predicted octanol–water partition coefficient (Wildman–Crippen LogP) is 3.88. The lowest BCUT2D eigenvalue weighted by atomic mass is 10.1. The van der Waals surface area contributed by atoms with Crippen LogP contribution < -0.4 is 14.9 Å². The molecule has 2 aromatic rings. The van der Waals surface area contributed by atoms with E-state index < -0.39 is 0 Å². The number of nitrogens with zero attached hydrogens (tertiary/aromatic N) is 1. The van der Waals surface area contributed by atoms with Gasteiger partial charge in [-0.3, -0.25) is 4.79 Å². The first-order valence-corrected chi connectivity index (χ1v) is 8.29. The molecule has 0 aliphatic carbocycles. The zero-order chi connectivity index (χ0) is 18.1. The summed E-state index contributed by atoms with van der Waals surface area (Å²) in [6.45, 7) is 4.99. The van der Waals surface area contributed by atoms with Gasteiger partial charge in [-0.2, -0.15) is 5.10 Å². The molecular formula is C20H24N2O3. The van der Waals surface area contributed by atoms with E-state index in [9.17, 15) is 4.79 Å². The number of benzene rings is 2. The number of hydrazone groups is 1. The van der Waals surface area contributed by atoms with Gasteiger partial charge in [0, 0.05) is 5.56 Å².